The minimum Gasteiger partial charge on any atom is -0.495 e. The number of hydrazine groups is 1. The largest absolute Gasteiger partial charge is 0.495 e. The number of nitrogens with one attached hydrogen (secondary N) is 1. The third-order valence-corrected chi connectivity index (χ3v) is 5.54. The van der Waals surface area contributed by atoms with Crippen LogP contribution in [0.4, 0.5) is 5.69 Å². The van der Waals surface area contributed by atoms with Crippen LogP contribution in [0.5, 0.6) is 5.75 Å². The van der Waals surface area contributed by atoms with Crippen molar-refractivity contribution in [3.63, 3.8) is 0 Å². The van der Waals surface area contributed by atoms with E-state index in [1.165, 1.54) is 7.11 Å². The van der Waals surface area contributed by atoms with Crippen molar-refractivity contribution in [2.24, 2.45) is 5.92 Å². The van der Waals surface area contributed by atoms with Crippen LogP contribution in [0.3, 0.4) is 0 Å². The van der Waals surface area contributed by atoms with Crippen molar-refractivity contribution < 1.29 is 23.9 Å². The Hall–Kier alpha value is -3.68. The maximum absolute atomic E-state index is 13.4. The second kappa shape index (κ2) is 9.64. The van der Waals surface area contributed by atoms with Gasteiger partial charge in [0.1, 0.15) is 11.8 Å². The van der Waals surface area contributed by atoms with Gasteiger partial charge >= 0.3 is 0 Å². The maximum atomic E-state index is 13.4. The van der Waals surface area contributed by atoms with E-state index in [0.29, 0.717) is 23.4 Å². The highest BCUT2D eigenvalue weighted by Crippen LogP contribution is 2.34. The third-order valence-electron chi connectivity index (χ3n) is 5.54. The molecule has 0 aromatic heterocycles. The summed E-state index contributed by atoms with van der Waals surface area (Å²) in [6, 6.07) is 12.4. The molecule has 1 heterocycles. The Labute approximate surface area is 187 Å². The van der Waals surface area contributed by atoms with E-state index >= 15 is 0 Å². The normalized spacial score (nSPS) is 16.6. The summed E-state index contributed by atoms with van der Waals surface area (Å²) < 4.78 is 5.33. The van der Waals surface area contributed by atoms with E-state index in [1.807, 2.05) is 19.9 Å². The number of carbonyl (C=O) groups excluding carboxylic acids is 4. The number of carbonyl (C=O) groups is 4. The second-order valence-corrected chi connectivity index (χ2v) is 7.79. The van der Waals surface area contributed by atoms with Gasteiger partial charge in [-0.15, -0.1) is 0 Å². The monoisotopic (exact) mass is 437 g/mol. The molecule has 4 amide bonds. The molecule has 8 heteroatoms. The summed E-state index contributed by atoms with van der Waals surface area (Å²) in [5.74, 6) is -2.11. The molecule has 0 aliphatic carbocycles. The molecule has 1 N–H and O–H groups in total. The third kappa shape index (κ3) is 4.49. The molecule has 2 aromatic carbocycles. The number of benzene rings is 2. The number of imide groups is 1. The first-order valence-corrected chi connectivity index (χ1v) is 10.5. The van der Waals surface area contributed by atoms with Gasteiger partial charge in [-0.1, -0.05) is 38.1 Å². The average Bonchev–Trinajstić information content (AvgIpc) is 3.10. The van der Waals surface area contributed by atoms with Crippen molar-refractivity contribution in [2.45, 2.75) is 39.7 Å². The Kier molecular flexibility index (Phi) is 6.92. The number of hydrogen-bond donors (Lipinski definition) is 1. The van der Waals surface area contributed by atoms with E-state index in [0.717, 1.165) is 15.5 Å². The van der Waals surface area contributed by atoms with Gasteiger partial charge in [0.2, 0.25) is 11.8 Å². The minimum atomic E-state index is -1.15. The average molecular weight is 437 g/mol. The zero-order valence-electron chi connectivity index (χ0n) is 18.6. The van der Waals surface area contributed by atoms with Gasteiger partial charge in [-0.25, -0.2) is 9.91 Å². The van der Waals surface area contributed by atoms with Gasteiger partial charge in [0.05, 0.1) is 19.2 Å². The molecule has 1 aliphatic rings. The molecule has 3 rings (SSSR count). The SMILES string of the molecule is CCC(C)C(=O)N(NC(=O)c1ccccc1)C1CC(=O)N(c2cc(C)ccc2OC)C1=O. The summed E-state index contributed by atoms with van der Waals surface area (Å²) in [4.78, 5) is 53.2. The molecule has 1 saturated heterocycles. The summed E-state index contributed by atoms with van der Waals surface area (Å²) in [6.07, 6.45) is 0.272. The first kappa shape index (κ1) is 23.0. The van der Waals surface area contributed by atoms with Gasteiger partial charge in [0.25, 0.3) is 11.8 Å². The highest BCUT2D eigenvalue weighted by molar-refractivity contribution is 6.23. The quantitative estimate of drug-likeness (QED) is 0.554. The zero-order chi connectivity index (χ0) is 23.4. The summed E-state index contributed by atoms with van der Waals surface area (Å²) in [6.45, 7) is 5.39. The first-order valence-electron chi connectivity index (χ1n) is 10.5. The van der Waals surface area contributed by atoms with Crippen molar-refractivity contribution in [3.05, 3.63) is 59.7 Å². The summed E-state index contributed by atoms with van der Waals surface area (Å²) in [5.41, 5.74) is 4.06. The smallest absolute Gasteiger partial charge is 0.269 e. The van der Waals surface area contributed by atoms with Gasteiger partial charge in [0, 0.05) is 11.5 Å². The van der Waals surface area contributed by atoms with E-state index in [9.17, 15) is 19.2 Å². The molecule has 0 radical (unpaired) electrons. The molecule has 2 atom stereocenters. The van der Waals surface area contributed by atoms with Crippen LogP contribution in [0.2, 0.25) is 0 Å². The molecule has 0 saturated carbocycles. The lowest BCUT2D eigenvalue weighted by atomic mass is 10.1. The van der Waals surface area contributed by atoms with Crippen LogP contribution < -0.4 is 15.1 Å². The van der Waals surface area contributed by atoms with Crippen LogP contribution in [0.15, 0.2) is 48.5 Å². The van der Waals surface area contributed by atoms with Crippen LogP contribution in [0, 0.1) is 12.8 Å². The van der Waals surface area contributed by atoms with Crippen molar-refractivity contribution in [1.82, 2.24) is 10.4 Å². The van der Waals surface area contributed by atoms with Crippen LogP contribution in [0.1, 0.15) is 42.6 Å². The van der Waals surface area contributed by atoms with E-state index in [1.54, 1.807) is 49.4 Å². The summed E-state index contributed by atoms with van der Waals surface area (Å²) in [7, 11) is 1.45. The molecule has 2 aromatic rings. The van der Waals surface area contributed by atoms with Crippen molar-refractivity contribution >= 4 is 29.3 Å². The molecule has 1 aliphatic heterocycles. The Balaban J connectivity index is 1.96. The summed E-state index contributed by atoms with van der Waals surface area (Å²) in [5, 5.41) is 1.02. The van der Waals surface area contributed by atoms with Gasteiger partial charge in [0.15, 0.2) is 0 Å². The minimum absolute atomic E-state index is 0.243. The lowest BCUT2D eigenvalue weighted by Crippen LogP contribution is -2.56. The Morgan fingerprint density at radius 2 is 1.88 bits per heavy atom. The van der Waals surface area contributed by atoms with E-state index in [-0.39, 0.29) is 6.42 Å². The van der Waals surface area contributed by atoms with E-state index in [2.05, 4.69) is 5.43 Å². The standard InChI is InChI=1S/C24H27N3O5/c1-5-16(3)23(30)27(25-22(29)17-9-7-6-8-10-17)19-14-21(28)26(24(19)31)18-13-15(2)11-12-20(18)32-4/h6-13,16,19H,5,14H2,1-4H3,(H,25,29). The maximum Gasteiger partial charge on any atom is 0.269 e. The molecular weight excluding hydrogens is 410 g/mol. The lowest BCUT2D eigenvalue weighted by Gasteiger charge is -2.30. The predicted octanol–water partition coefficient (Wildman–Crippen LogP) is 2.86. The summed E-state index contributed by atoms with van der Waals surface area (Å²) >= 11 is 0. The zero-order valence-corrected chi connectivity index (χ0v) is 18.6. The molecular formula is C24H27N3O5. The van der Waals surface area contributed by atoms with Crippen molar-refractivity contribution in [3.8, 4) is 5.75 Å². The van der Waals surface area contributed by atoms with E-state index < -0.39 is 35.6 Å². The van der Waals surface area contributed by atoms with Crippen LogP contribution in [0.25, 0.3) is 0 Å². The highest BCUT2D eigenvalue weighted by Gasteiger charge is 2.46. The first-order chi connectivity index (χ1) is 15.3. The molecule has 32 heavy (non-hydrogen) atoms. The molecule has 0 spiro atoms. The highest BCUT2D eigenvalue weighted by atomic mass is 16.5. The van der Waals surface area contributed by atoms with Gasteiger partial charge in [-0.2, -0.15) is 0 Å². The molecule has 168 valence electrons. The fraction of sp³-hybridized carbons (Fsp3) is 0.333. The molecule has 2 unspecified atom stereocenters. The topological polar surface area (TPSA) is 96.0 Å². The van der Waals surface area contributed by atoms with Crippen LogP contribution in [-0.4, -0.2) is 41.8 Å². The Morgan fingerprint density at radius 1 is 1.19 bits per heavy atom. The second-order valence-electron chi connectivity index (χ2n) is 7.79. The van der Waals surface area contributed by atoms with Crippen molar-refractivity contribution in [1.29, 1.82) is 0 Å². The predicted molar refractivity (Wildman–Crippen MR) is 119 cm³/mol. The lowest BCUT2D eigenvalue weighted by molar-refractivity contribution is -0.144. The number of nitrogens with zero attached hydrogens (tertiary/aromatic N) is 2. The van der Waals surface area contributed by atoms with Crippen molar-refractivity contribution in [2.75, 3.05) is 12.0 Å². The number of ether oxygens (including phenoxy) is 1. The van der Waals surface area contributed by atoms with Gasteiger partial charge < -0.3 is 4.74 Å². The van der Waals surface area contributed by atoms with E-state index in [4.69, 9.17) is 4.74 Å². The molecule has 8 nitrogen and oxygen atoms in total. The molecule has 0 bridgehead atoms. The Morgan fingerprint density at radius 3 is 2.50 bits per heavy atom. The van der Waals surface area contributed by atoms with Gasteiger partial charge in [-0.3, -0.25) is 24.6 Å². The number of hydrogen-bond acceptors (Lipinski definition) is 5. The van der Waals surface area contributed by atoms with Crippen LogP contribution in [-0.2, 0) is 14.4 Å². The fourth-order valence-electron chi connectivity index (χ4n) is 3.51. The molecule has 1 fully saturated rings. The number of aryl methyl sites for hydroxylation is 1. The van der Waals surface area contributed by atoms with Crippen LogP contribution >= 0.6 is 0 Å². The number of anilines is 1. The fourth-order valence-corrected chi connectivity index (χ4v) is 3.51. The number of amides is 4. The number of rotatable bonds is 6. The van der Waals surface area contributed by atoms with Gasteiger partial charge in [-0.05, 0) is 43.2 Å². The number of methoxy groups -OCH3 is 1. The Bertz CT molecular complexity index is 1040.